The van der Waals surface area contributed by atoms with E-state index in [4.69, 9.17) is 5.11 Å². The lowest BCUT2D eigenvalue weighted by Gasteiger charge is -2.45. The molecule has 19 heavy (non-hydrogen) atoms. The van der Waals surface area contributed by atoms with Crippen LogP contribution in [0.5, 0.6) is 0 Å². The topological polar surface area (TPSA) is 56.7 Å². The molecule has 0 unspecified atom stereocenters. The van der Waals surface area contributed by atoms with Gasteiger partial charge in [0, 0.05) is 37.9 Å². The summed E-state index contributed by atoms with van der Waals surface area (Å²) in [5.41, 5.74) is 1.07. The molecule has 5 nitrogen and oxygen atoms in total. The third-order valence-electron chi connectivity index (χ3n) is 3.88. The van der Waals surface area contributed by atoms with E-state index in [1.807, 2.05) is 6.07 Å². The summed E-state index contributed by atoms with van der Waals surface area (Å²) in [6, 6.07) is 3.64. The van der Waals surface area contributed by atoms with Crippen LogP contribution in [0.2, 0.25) is 0 Å². The number of pyridine rings is 1. The first-order chi connectivity index (χ1) is 8.90. The predicted molar refractivity (Wildman–Crippen MR) is 73.2 cm³/mol. The highest BCUT2D eigenvalue weighted by molar-refractivity contribution is 5.86. The number of hydrogen-bond donors (Lipinski definition) is 1. The van der Waals surface area contributed by atoms with Gasteiger partial charge in [-0.3, -0.25) is 9.80 Å². The Bertz CT molecular complexity index is 474. The fraction of sp³-hybridized carbons (Fsp3) is 0.571. The normalized spacial score (nSPS) is 20.4. The Labute approximate surface area is 113 Å². The van der Waals surface area contributed by atoms with Crippen molar-refractivity contribution in [2.75, 3.05) is 26.7 Å². The molecule has 0 aliphatic carbocycles. The Morgan fingerprint density at radius 1 is 1.47 bits per heavy atom. The predicted octanol–water partition coefficient (Wildman–Crippen LogP) is 1.31. The number of likely N-dealkylation sites (N-methyl/N-ethyl adjacent to an activating group) is 1. The van der Waals surface area contributed by atoms with E-state index in [9.17, 15) is 4.79 Å². The third kappa shape index (κ3) is 3.11. The fourth-order valence-corrected chi connectivity index (χ4v) is 2.48. The second kappa shape index (κ2) is 5.27. The average Bonchev–Trinajstić information content (AvgIpc) is 2.34. The molecular weight excluding hydrogens is 242 g/mol. The van der Waals surface area contributed by atoms with Gasteiger partial charge in [-0.2, -0.15) is 0 Å². The van der Waals surface area contributed by atoms with Gasteiger partial charge in [0.2, 0.25) is 0 Å². The van der Waals surface area contributed by atoms with Crippen molar-refractivity contribution < 1.29 is 9.90 Å². The van der Waals surface area contributed by atoms with Crippen molar-refractivity contribution in [2.45, 2.75) is 25.9 Å². The van der Waals surface area contributed by atoms with Crippen LogP contribution in [0.4, 0.5) is 0 Å². The minimum Gasteiger partial charge on any atom is -0.477 e. The van der Waals surface area contributed by atoms with Crippen LogP contribution in [-0.4, -0.2) is 58.1 Å². The molecule has 2 heterocycles. The van der Waals surface area contributed by atoms with Crippen molar-refractivity contribution in [3.63, 3.8) is 0 Å². The fourth-order valence-electron chi connectivity index (χ4n) is 2.48. The van der Waals surface area contributed by atoms with Crippen LogP contribution in [0.15, 0.2) is 18.3 Å². The van der Waals surface area contributed by atoms with Crippen LogP contribution in [0.1, 0.15) is 29.9 Å². The highest BCUT2D eigenvalue weighted by atomic mass is 16.4. The Hall–Kier alpha value is -1.46. The summed E-state index contributed by atoms with van der Waals surface area (Å²) in [5.74, 6) is -0.955. The standard InChI is InChI=1S/C14H21N3O2/c1-14(2)10-17(8-7-16(14)3)9-11-5-4-6-15-12(11)13(18)19/h4-6H,7-10H2,1-3H3,(H,18,19). The summed E-state index contributed by atoms with van der Waals surface area (Å²) in [5, 5.41) is 9.15. The molecule has 5 heteroatoms. The van der Waals surface area contributed by atoms with Gasteiger partial charge in [0.15, 0.2) is 5.69 Å². The van der Waals surface area contributed by atoms with E-state index in [0.717, 1.165) is 25.2 Å². The van der Waals surface area contributed by atoms with Gasteiger partial charge in [-0.25, -0.2) is 9.78 Å². The molecule has 0 spiro atoms. The Kier molecular flexibility index (Phi) is 3.87. The van der Waals surface area contributed by atoms with Gasteiger partial charge < -0.3 is 5.11 Å². The zero-order valence-corrected chi connectivity index (χ0v) is 11.8. The Balaban J connectivity index is 2.12. The summed E-state index contributed by atoms with van der Waals surface area (Å²) in [7, 11) is 2.13. The molecule has 0 aromatic carbocycles. The highest BCUT2D eigenvalue weighted by Gasteiger charge is 2.31. The van der Waals surface area contributed by atoms with Crippen molar-refractivity contribution in [3.8, 4) is 0 Å². The van der Waals surface area contributed by atoms with Crippen LogP contribution >= 0.6 is 0 Å². The van der Waals surface area contributed by atoms with Gasteiger partial charge in [0.1, 0.15) is 0 Å². The van der Waals surface area contributed by atoms with E-state index in [-0.39, 0.29) is 11.2 Å². The van der Waals surface area contributed by atoms with Crippen LogP contribution in [0.3, 0.4) is 0 Å². The maximum Gasteiger partial charge on any atom is 0.354 e. The van der Waals surface area contributed by atoms with Gasteiger partial charge in [-0.15, -0.1) is 0 Å². The second-order valence-electron chi connectivity index (χ2n) is 5.76. The molecule has 0 bridgehead atoms. The Morgan fingerprint density at radius 2 is 2.21 bits per heavy atom. The van der Waals surface area contributed by atoms with E-state index < -0.39 is 5.97 Å². The first-order valence-corrected chi connectivity index (χ1v) is 6.51. The molecule has 0 atom stereocenters. The Morgan fingerprint density at radius 3 is 2.84 bits per heavy atom. The summed E-state index contributed by atoms with van der Waals surface area (Å²) in [6.45, 7) is 7.94. The number of hydrogen-bond acceptors (Lipinski definition) is 4. The molecule has 1 aliphatic heterocycles. The molecule has 0 radical (unpaired) electrons. The lowest BCUT2D eigenvalue weighted by atomic mass is 9.99. The van der Waals surface area contributed by atoms with E-state index in [1.165, 1.54) is 6.20 Å². The number of rotatable bonds is 3. The molecule has 2 rings (SSSR count). The van der Waals surface area contributed by atoms with Crippen molar-refractivity contribution in [3.05, 3.63) is 29.6 Å². The van der Waals surface area contributed by atoms with Crippen LogP contribution in [0, 0.1) is 0 Å². The highest BCUT2D eigenvalue weighted by Crippen LogP contribution is 2.21. The van der Waals surface area contributed by atoms with Gasteiger partial charge in [-0.1, -0.05) is 6.07 Å². The quantitative estimate of drug-likeness (QED) is 0.891. The van der Waals surface area contributed by atoms with Crippen molar-refractivity contribution in [2.24, 2.45) is 0 Å². The second-order valence-corrected chi connectivity index (χ2v) is 5.76. The molecule has 1 saturated heterocycles. The van der Waals surface area contributed by atoms with E-state index in [0.29, 0.717) is 6.54 Å². The molecule has 104 valence electrons. The molecular formula is C14H21N3O2. The summed E-state index contributed by atoms with van der Waals surface area (Å²) in [4.78, 5) is 19.7. The first kappa shape index (κ1) is 14.0. The molecule has 0 amide bonds. The molecule has 1 aliphatic rings. The average molecular weight is 263 g/mol. The zero-order chi connectivity index (χ0) is 14.0. The summed E-state index contributed by atoms with van der Waals surface area (Å²) >= 11 is 0. The van der Waals surface area contributed by atoms with E-state index in [2.05, 4.69) is 35.7 Å². The smallest absolute Gasteiger partial charge is 0.354 e. The van der Waals surface area contributed by atoms with Crippen LogP contribution in [-0.2, 0) is 6.54 Å². The number of carbonyl (C=O) groups is 1. The summed E-state index contributed by atoms with van der Waals surface area (Å²) in [6.07, 6.45) is 1.53. The van der Waals surface area contributed by atoms with Gasteiger partial charge in [0.05, 0.1) is 0 Å². The monoisotopic (exact) mass is 263 g/mol. The minimum atomic E-state index is -0.955. The largest absolute Gasteiger partial charge is 0.477 e. The van der Waals surface area contributed by atoms with Gasteiger partial charge in [0.25, 0.3) is 0 Å². The van der Waals surface area contributed by atoms with Crippen molar-refractivity contribution in [1.82, 2.24) is 14.8 Å². The van der Waals surface area contributed by atoms with Crippen LogP contribution in [0.25, 0.3) is 0 Å². The van der Waals surface area contributed by atoms with E-state index in [1.54, 1.807) is 6.07 Å². The molecule has 1 aromatic heterocycles. The number of aromatic carboxylic acids is 1. The summed E-state index contributed by atoms with van der Waals surface area (Å²) < 4.78 is 0. The zero-order valence-electron chi connectivity index (χ0n) is 11.8. The van der Waals surface area contributed by atoms with Gasteiger partial charge in [-0.05, 0) is 32.5 Å². The van der Waals surface area contributed by atoms with Gasteiger partial charge >= 0.3 is 5.97 Å². The van der Waals surface area contributed by atoms with E-state index >= 15 is 0 Å². The maximum atomic E-state index is 11.2. The minimum absolute atomic E-state index is 0.115. The number of aromatic nitrogens is 1. The molecule has 1 N–H and O–H groups in total. The molecule has 1 fully saturated rings. The number of nitrogens with zero attached hydrogens (tertiary/aromatic N) is 3. The number of carboxylic acid groups (broad SMARTS) is 1. The third-order valence-corrected chi connectivity index (χ3v) is 3.88. The van der Waals surface area contributed by atoms with Crippen LogP contribution < -0.4 is 0 Å². The number of carboxylic acids is 1. The molecule has 1 aromatic rings. The first-order valence-electron chi connectivity index (χ1n) is 6.51. The lowest BCUT2D eigenvalue weighted by Crippen LogP contribution is -2.57. The van der Waals surface area contributed by atoms with Crippen molar-refractivity contribution in [1.29, 1.82) is 0 Å². The molecule has 0 saturated carbocycles. The number of piperazine rings is 1. The van der Waals surface area contributed by atoms with Crippen molar-refractivity contribution >= 4 is 5.97 Å². The lowest BCUT2D eigenvalue weighted by molar-refractivity contribution is 0.0356. The maximum absolute atomic E-state index is 11.2. The SMILES string of the molecule is CN1CCN(Cc2cccnc2C(=O)O)CC1(C)C.